The van der Waals surface area contributed by atoms with Crippen molar-refractivity contribution in [3.05, 3.63) is 24.3 Å². The number of allylic oxidation sites excluding steroid dienone is 4. The summed E-state index contributed by atoms with van der Waals surface area (Å²) in [6, 6.07) is -0.718. The Labute approximate surface area is 419 Å². The van der Waals surface area contributed by atoms with Gasteiger partial charge in [0.25, 0.3) is 0 Å². The molecular formula is C59H113NO8. The molecule has 9 nitrogen and oxygen atoms in total. The van der Waals surface area contributed by atoms with E-state index < -0.39 is 49.5 Å². The van der Waals surface area contributed by atoms with Gasteiger partial charge in [0.05, 0.1) is 25.4 Å². The SMILES string of the molecule is CCCCCCC/C=C\C/C=C\CCCCCCCCCCCCCCCC(=O)NC(COC1OC(CO)C(O)C(O)C1O)C(O)CCCCCCCCCCCCCCCCCCCCCC. The number of nitrogens with one attached hydrogen (secondary N) is 1. The van der Waals surface area contributed by atoms with E-state index in [9.17, 15) is 30.3 Å². The molecule has 0 bridgehead atoms. The number of aliphatic hydroxyl groups excluding tert-OH is 5. The number of hydrogen-bond donors (Lipinski definition) is 6. The zero-order valence-electron chi connectivity index (χ0n) is 44.6. The summed E-state index contributed by atoms with van der Waals surface area (Å²) in [6.07, 6.45) is 54.9. The Hall–Kier alpha value is -1.33. The quantitative estimate of drug-likeness (QED) is 0.0261. The molecule has 6 N–H and O–H groups in total. The number of unbranched alkanes of at least 4 members (excludes halogenated alkanes) is 37. The van der Waals surface area contributed by atoms with Crippen LogP contribution in [0.2, 0.25) is 0 Å². The Bertz CT molecular complexity index is 1120. The van der Waals surface area contributed by atoms with Crippen LogP contribution in [-0.2, 0) is 14.3 Å². The first-order chi connectivity index (χ1) is 33.3. The molecule has 7 atom stereocenters. The van der Waals surface area contributed by atoms with E-state index in [0.29, 0.717) is 12.8 Å². The zero-order valence-corrected chi connectivity index (χ0v) is 44.6. The third kappa shape index (κ3) is 38.4. The fourth-order valence-corrected chi connectivity index (χ4v) is 9.61. The standard InChI is InChI=1S/C59H113NO8/c1-3-5-7-9-11-13-15-17-19-21-23-25-26-27-28-29-31-33-35-37-39-41-43-45-47-49-55(63)60-52(51-67-59-58(66)57(65)56(64)54(50-61)68-59)53(62)48-46-44-42-40-38-36-34-32-30-24-22-20-18-16-14-12-10-8-6-4-2/h15,17,21,23,52-54,56-59,61-62,64-66H,3-14,16,18-20,22,24-51H2,1-2H3,(H,60,63)/b17-15-,23-21-. The number of carbonyl (C=O) groups excluding carboxylic acids is 1. The molecule has 7 unspecified atom stereocenters. The van der Waals surface area contributed by atoms with E-state index in [-0.39, 0.29) is 12.5 Å². The summed E-state index contributed by atoms with van der Waals surface area (Å²) in [4.78, 5) is 13.1. The maximum Gasteiger partial charge on any atom is 0.220 e. The van der Waals surface area contributed by atoms with Crippen molar-refractivity contribution in [2.75, 3.05) is 13.2 Å². The molecule has 0 radical (unpaired) electrons. The summed E-state index contributed by atoms with van der Waals surface area (Å²) < 4.78 is 11.3. The van der Waals surface area contributed by atoms with Crippen molar-refractivity contribution in [1.82, 2.24) is 5.32 Å². The molecule has 0 saturated carbocycles. The minimum atomic E-state index is -1.55. The topological polar surface area (TPSA) is 149 Å². The van der Waals surface area contributed by atoms with Crippen LogP contribution < -0.4 is 5.32 Å². The van der Waals surface area contributed by atoms with Crippen molar-refractivity contribution in [3.8, 4) is 0 Å². The third-order valence-electron chi connectivity index (χ3n) is 14.3. The van der Waals surface area contributed by atoms with Crippen LogP contribution in [-0.4, -0.2) is 87.5 Å². The lowest BCUT2D eigenvalue weighted by molar-refractivity contribution is -0.302. The van der Waals surface area contributed by atoms with Gasteiger partial charge in [-0.05, 0) is 44.9 Å². The molecule has 1 saturated heterocycles. The molecule has 0 aromatic rings. The number of hydrogen-bond acceptors (Lipinski definition) is 8. The number of rotatable bonds is 51. The van der Waals surface area contributed by atoms with Crippen molar-refractivity contribution in [3.63, 3.8) is 0 Å². The first-order valence-corrected chi connectivity index (χ1v) is 29.5. The van der Waals surface area contributed by atoms with E-state index in [0.717, 1.165) is 44.9 Å². The van der Waals surface area contributed by atoms with Gasteiger partial charge >= 0.3 is 0 Å². The normalized spacial score (nSPS) is 19.7. The monoisotopic (exact) mass is 964 g/mol. The molecule has 0 aromatic carbocycles. The lowest BCUT2D eigenvalue weighted by Crippen LogP contribution is -2.60. The van der Waals surface area contributed by atoms with Gasteiger partial charge in [0, 0.05) is 6.42 Å². The molecule has 1 heterocycles. The maximum absolute atomic E-state index is 13.1. The number of carbonyl (C=O) groups is 1. The van der Waals surface area contributed by atoms with Crippen LogP contribution in [0.15, 0.2) is 24.3 Å². The van der Waals surface area contributed by atoms with Gasteiger partial charge in [-0.25, -0.2) is 0 Å². The average Bonchev–Trinajstić information content (AvgIpc) is 3.34. The molecule has 1 amide bonds. The van der Waals surface area contributed by atoms with Crippen LogP contribution in [0.25, 0.3) is 0 Å². The molecule has 68 heavy (non-hydrogen) atoms. The Morgan fingerprint density at radius 1 is 0.500 bits per heavy atom. The summed E-state index contributed by atoms with van der Waals surface area (Å²) in [5.74, 6) is -0.141. The number of ether oxygens (including phenoxy) is 2. The minimum Gasteiger partial charge on any atom is -0.394 e. The second-order valence-corrected chi connectivity index (χ2v) is 20.8. The van der Waals surface area contributed by atoms with Crippen LogP contribution in [0.4, 0.5) is 0 Å². The van der Waals surface area contributed by atoms with E-state index in [2.05, 4.69) is 43.5 Å². The van der Waals surface area contributed by atoms with Crippen LogP contribution in [0.1, 0.15) is 290 Å². The Morgan fingerprint density at radius 3 is 1.26 bits per heavy atom. The average molecular weight is 965 g/mol. The first kappa shape index (κ1) is 64.7. The molecule has 9 heteroatoms. The Morgan fingerprint density at radius 2 is 0.868 bits per heavy atom. The Kier molecular flexibility index (Phi) is 46.9. The van der Waals surface area contributed by atoms with Crippen molar-refractivity contribution in [2.45, 2.75) is 333 Å². The van der Waals surface area contributed by atoms with E-state index in [4.69, 9.17) is 9.47 Å². The van der Waals surface area contributed by atoms with Gasteiger partial charge in [0.1, 0.15) is 24.4 Å². The number of amides is 1. The highest BCUT2D eigenvalue weighted by atomic mass is 16.7. The smallest absolute Gasteiger partial charge is 0.220 e. The second-order valence-electron chi connectivity index (χ2n) is 20.8. The summed E-state index contributed by atoms with van der Waals surface area (Å²) in [5, 5.41) is 54.7. The zero-order chi connectivity index (χ0) is 49.4. The second kappa shape index (κ2) is 49.3. The predicted octanol–water partition coefficient (Wildman–Crippen LogP) is 14.6. The Balaban J connectivity index is 2.19. The van der Waals surface area contributed by atoms with Crippen LogP contribution in [0, 0.1) is 0 Å². The minimum absolute atomic E-state index is 0.135. The van der Waals surface area contributed by atoms with Crippen LogP contribution >= 0.6 is 0 Å². The first-order valence-electron chi connectivity index (χ1n) is 29.5. The molecule has 1 fully saturated rings. The van der Waals surface area contributed by atoms with E-state index >= 15 is 0 Å². The molecular weight excluding hydrogens is 851 g/mol. The molecule has 0 aromatic heterocycles. The van der Waals surface area contributed by atoms with Crippen LogP contribution in [0.3, 0.4) is 0 Å². The van der Waals surface area contributed by atoms with Crippen molar-refractivity contribution >= 4 is 5.91 Å². The maximum atomic E-state index is 13.1. The van der Waals surface area contributed by atoms with Crippen molar-refractivity contribution in [2.24, 2.45) is 0 Å². The highest BCUT2D eigenvalue weighted by Crippen LogP contribution is 2.23. The third-order valence-corrected chi connectivity index (χ3v) is 14.3. The van der Waals surface area contributed by atoms with Crippen molar-refractivity contribution < 1.29 is 39.8 Å². The van der Waals surface area contributed by atoms with Gasteiger partial charge in [-0.15, -0.1) is 0 Å². The van der Waals surface area contributed by atoms with Gasteiger partial charge in [-0.3, -0.25) is 4.79 Å². The molecule has 402 valence electrons. The van der Waals surface area contributed by atoms with Crippen LogP contribution in [0.5, 0.6) is 0 Å². The van der Waals surface area contributed by atoms with Gasteiger partial charge in [-0.2, -0.15) is 0 Å². The fraction of sp³-hybridized carbons (Fsp3) is 0.915. The molecule has 1 aliphatic rings. The van der Waals surface area contributed by atoms with Gasteiger partial charge in [0.2, 0.25) is 5.91 Å². The largest absolute Gasteiger partial charge is 0.394 e. The lowest BCUT2D eigenvalue weighted by atomic mass is 9.99. The van der Waals surface area contributed by atoms with Crippen molar-refractivity contribution in [1.29, 1.82) is 0 Å². The number of aliphatic hydroxyl groups is 5. The molecule has 1 aliphatic heterocycles. The molecule has 1 rings (SSSR count). The van der Waals surface area contributed by atoms with Gasteiger partial charge < -0.3 is 40.3 Å². The van der Waals surface area contributed by atoms with E-state index in [1.54, 1.807) is 0 Å². The summed E-state index contributed by atoms with van der Waals surface area (Å²) >= 11 is 0. The fourth-order valence-electron chi connectivity index (χ4n) is 9.61. The van der Waals surface area contributed by atoms with Gasteiger partial charge in [-0.1, -0.05) is 263 Å². The summed E-state index contributed by atoms with van der Waals surface area (Å²) in [5.41, 5.74) is 0. The highest BCUT2D eigenvalue weighted by Gasteiger charge is 2.44. The lowest BCUT2D eigenvalue weighted by Gasteiger charge is -2.40. The predicted molar refractivity (Wildman–Crippen MR) is 286 cm³/mol. The molecule has 0 spiro atoms. The van der Waals surface area contributed by atoms with E-state index in [1.165, 1.54) is 218 Å². The van der Waals surface area contributed by atoms with Gasteiger partial charge in [0.15, 0.2) is 6.29 Å². The highest BCUT2D eigenvalue weighted by molar-refractivity contribution is 5.76. The van der Waals surface area contributed by atoms with E-state index in [1.807, 2.05) is 0 Å². The summed E-state index contributed by atoms with van der Waals surface area (Å²) in [7, 11) is 0. The summed E-state index contributed by atoms with van der Waals surface area (Å²) in [6.45, 7) is 3.86. The molecule has 0 aliphatic carbocycles.